The molecule has 0 saturated carbocycles. The molecule has 3 heterocycles. The normalized spacial score (nSPS) is 17.4. The Balaban J connectivity index is 0.00000240. The first-order valence-electron chi connectivity index (χ1n) is 10.3. The minimum atomic E-state index is -0.112. The van der Waals surface area contributed by atoms with Gasteiger partial charge in [-0.05, 0) is 17.7 Å². The van der Waals surface area contributed by atoms with Crippen molar-refractivity contribution in [1.29, 1.82) is 0 Å². The summed E-state index contributed by atoms with van der Waals surface area (Å²) in [4.78, 5) is 17.5. The van der Waals surface area contributed by atoms with Crippen molar-refractivity contribution in [2.75, 3.05) is 39.3 Å². The molecule has 1 aromatic heterocycles. The van der Waals surface area contributed by atoms with Gasteiger partial charge in [-0.25, -0.2) is 0 Å². The summed E-state index contributed by atoms with van der Waals surface area (Å²) in [6, 6.07) is 8.57. The molecule has 3 N–H and O–H groups in total. The Morgan fingerprint density at radius 1 is 1.10 bits per heavy atom. The summed E-state index contributed by atoms with van der Waals surface area (Å²) >= 11 is 0. The molecule has 0 radical (unpaired) electrons. The highest BCUT2D eigenvalue weighted by Crippen LogP contribution is 2.15. The maximum atomic E-state index is 12.5. The number of carbonyl (C=O) groups excluding carboxylic acids is 1. The van der Waals surface area contributed by atoms with Crippen molar-refractivity contribution in [1.82, 2.24) is 30.6 Å². The lowest BCUT2D eigenvalue weighted by Crippen LogP contribution is -2.45. The SMILES string of the molecule is CCN1CCN(Cc2ccc(CNC(=O)c3n[nH]c4c3CNCC4)cc2)CC1.Cl. The lowest BCUT2D eigenvalue weighted by molar-refractivity contribution is 0.0944. The van der Waals surface area contributed by atoms with E-state index < -0.39 is 0 Å². The Labute approximate surface area is 178 Å². The van der Waals surface area contributed by atoms with Crippen molar-refractivity contribution >= 4 is 18.3 Å². The van der Waals surface area contributed by atoms with E-state index in [4.69, 9.17) is 0 Å². The maximum Gasteiger partial charge on any atom is 0.272 e. The lowest BCUT2D eigenvalue weighted by Gasteiger charge is -2.34. The van der Waals surface area contributed by atoms with Crippen LogP contribution in [-0.2, 0) is 26.1 Å². The molecule has 1 aromatic carbocycles. The standard InChI is InChI=1S/C21H30N6O.ClH/c1-2-26-9-11-27(12-10-26)15-17-5-3-16(4-6-17)13-23-21(28)20-18-14-22-8-7-19(18)24-25-20;/h3-6,22H,2,7-15H2,1H3,(H,23,28)(H,24,25);1H. The van der Waals surface area contributed by atoms with Gasteiger partial charge in [-0.15, -0.1) is 12.4 Å². The van der Waals surface area contributed by atoms with Crippen molar-refractivity contribution in [3.05, 3.63) is 52.3 Å². The average molecular weight is 419 g/mol. The third-order valence-corrected chi connectivity index (χ3v) is 5.82. The zero-order valence-electron chi connectivity index (χ0n) is 17.0. The first kappa shape index (κ1) is 21.8. The summed E-state index contributed by atoms with van der Waals surface area (Å²) in [6.45, 7) is 11.1. The summed E-state index contributed by atoms with van der Waals surface area (Å²) < 4.78 is 0. The van der Waals surface area contributed by atoms with E-state index in [1.807, 2.05) is 0 Å². The smallest absolute Gasteiger partial charge is 0.272 e. The molecule has 0 unspecified atom stereocenters. The van der Waals surface area contributed by atoms with E-state index in [1.165, 1.54) is 5.56 Å². The van der Waals surface area contributed by atoms with Gasteiger partial charge in [-0.2, -0.15) is 5.10 Å². The van der Waals surface area contributed by atoms with Gasteiger partial charge >= 0.3 is 0 Å². The van der Waals surface area contributed by atoms with Crippen LogP contribution in [0.1, 0.15) is 39.8 Å². The van der Waals surface area contributed by atoms with Crippen molar-refractivity contribution in [3.63, 3.8) is 0 Å². The largest absolute Gasteiger partial charge is 0.347 e. The van der Waals surface area contributed by atoms with Crippen LogP contribution in [-0.4, -0.2) is 65.2 Å². The number of aromatic nitrogens is 2. The Hall–Kier alpha value is -1.93. The van der Waals surface area contributed by atoms with Crippen LogP contribution in [0.4, 0.5) is 0 Å². The zero-order valence-corrected chi connectivity index (χ0v) is 17.9. The van der Waals surface area contributed by atoms with Gasteiger partial charge in [0.1, 0.15) is 0 Å². The van der Waals surface area contributed by atoms with Gasteiger partial charge < -0.3 is 15.5 Å². The molecule has 0 spiro atoms. The third-order valence-electron chi connectivity index (χ3n) is 5.82. The van der Waals surface area contributed by atoms with Gasteiger partial charge in [0, 0.05) is 70.0 Å². The van der Waals surface area contributed by atoms with Gasteiger partial charge in [0.25, 0.3) is 5.91 Å². The van der Waals surface area contributed by atoms with Crippen LogP contribution in [0.5, 0.6) is 0 Å². The number of benzene rings is 1. The monoisotopic (exact) mass is 418 g/mol. The van der Waals surface area contributed by atoms with E-state index in [0.717, 1.165) is 69.1 Å². The topological polar surface area (TPSA) is 76.3 Å². The molecule has 2 aliphatic rings. The summed E-state index contributed by atoms with van der Waals surface area (Å²) in [6.07, 6.45) is 0.893. The van der Waals surface area contributed by atoms with Crippen molar-refractivity contribution in [2.45, 2.75) is 33.0 Å². The number of piperazine rings is 1. The number of aromatic amines is 1. The molecule has 29 heavy (non-hydrogen) atoms. The fourth-order valence-corrected chi connectivity index (χ4v) is 3.96. The number of nitrogens with one attached hydrogen (secondary N) is 3. The van der Waals surface area contributed by atoms with Gasteiger partial charge in [0.15, 0.2) is 5.69 Å². The minimum Gasteiger partial charge on any atom is -0.347 e. The molecule has 4 rings (SSSR count). The number of amides is 1. The molecule has 7 nitrogen and oxygen atoms in total. The van der Waals surface area contributed by atoms with Crippen LogP contribution < -0.4 is 10.6 Å². The highest BCUT2D eigenvalue weighted by molar-refractivity contribution is 5.94. The van der Waals surface area contributed by atoms with Crippen LogP contribution in [0.15, 0.2) is 24.3 Å². The number of halogens is 1. The highest BCUT2D eigenvalue weighted by atomic mass is 35.5. The summed E-state index contributed by atoms with van der Waals surface area (Å²) in [5, 5.41) is 13.5. The fraction of sp³-hybridized carbons (Fsp3) is 0.524. The molecule has 2 aromatic rings. The quantitative estimate of drug-likeness (QED) is 0.663. The van der Waals surface area contributed by atoms with Crippen molar-refractivity contribution in [2.24, 2.45) is 0 Å². The van der Waals surface area contributed by atoms with E-state index in [1.54, 1.807) is 0 Å². The number of hydrogen-bond acceptors (Lipinski definition) is 5. The number of rotatable bonds is 6. The number of carbonyl (C=O) groups is 1. The number of H-pyrrole nitrogens is 1. The second-order valence-corrected chi connectivity index (χ2v) is 7.67. The molecule has 1 saturated heterocycles. The number of nitrogens with zero attached hydrogens (tertiary/aromatic N) is 3. The van der Waals surface area contributed by atoms with Crippen molar-refractivity contribution in [3.8, 4) is 0 Å². The van der Waals surface area contributed by atoms with Gasteiger partial charge in [0.2, 0.25) is 0 Å². The summed E-state index contributed by atoms with van der Waals surface area (Å²) in [5.74, 6) is -0.112. The Morgan fingerprint density at radius 3 is 2.52 bits per heavy atom. The minimum absolute atomic E-state index is 0. The van der Waals surface area contributed by atoms with Crippen LogP contribution in [0, 0.1) is 0 Å². The Bertz CT molecular complexity index is 798. The Morgan fingerprint density at radius 2 is 1.79 bits per heavy atom. The molecule has 1 fully saturated rings. The highest BCUT2D eigenvalue weighted by Gasteiger charge is 2.21. The molecular weight excluding hydrogens is 388 g/mol. The van der Waals surface area contributed by atoms with Crippen LogP contribution >= 0.6 is 12.4 Å². The van der Waals surface area contributed by atoms with E-state index in [0.29, 0.717) is 18.8 Å². The van der Waals surface area contributed by atoms with E-state index in [2.05, 4.69) is 61.8 Å². The molecule has 0 aliphatic carbocycles. The fourth-order valence-electron chi connectivity index (χ4n) is 3.96. The number of likely N-dealkylation sites (N-methyl/N-ethyl adjacent to an activating group) is 1. The molecular formula is C21H31ClN6O. The Kier molecular flexibility index (Phi) is 7.66. The average Bonchev–Trinajstić information content (AvgIpc) is 3.18. The lowest BCUT2D eigenvalue weighted by atomic mass is 10.1. The summed E-state index contributed by atoms with van der Waals surface area (Å²) in [5.41, 5.74) is 5.03. The van der Waals surface area contributed by atoms with Crippen LogP contribution in [0.3, 0.4) is 0 Å². The predicted molar refractivity (Wildman–Crippen MR) is 116 cm³/mol. The van der Waals surface area contributed by atoms with Crippen LogP contribution in [0.2, 0.25) is 0 Å². The van der Waals surface area contributed by atoms with E-state index in [9.17, 15) is 4.79 Å². The predicted octanol–water partition coefficient (Wildman–Crippen LogP) is 1.54. The first-order chi connectivity index (χ1) is 13.7. The van der Waals surface area contributed by atoms with Gasteiger partial charge in [-0.1, -0.05) is 31.2 Å². The maximum absolute atomic E-state index is 12.5. The molecule has 0 atom stereocenters. The second-order valence-electron chi connectivity index (χ2n) is 7.67. The van der Waals surface area contributed by atoms with E-state index in [-0.39, 0.29) is 18.3 Å². The second kappa shape index (κ2) is 10.2. The third kappa shape index (κ3) is 5.36. The summed E-state index contributed by atoms with van der Waals surface area (Å²) in [7, 11) is 0. The zero-order chi connectivity index (χ0) is 19.3. The van der Waals surface area contributed by atoms with Gasteiger partial charge in [-0.3, -0.25) is 14.8 Å². The van der Waals surface area contributed by atoms with Crippen molar-refractivity contribution < 1.29 is 4.79 Å². The molecule has 158 valence electrons. The molecule has 0 bridgehead atoms. The number of hydrogen-bond donors (Lipinski definition) is 3. The molecule has 8 heteroatoms. The first-order valence-corrected chi connectivity index (χ1v) is 10.3. The van der Waals surface area contributed by atoms with Gasteiger partial charge in [0.05, 0.1) is 0 Å². The molecule has 1 amide bonds. The number of fused-ring (bicyclic) bond motifs is 1. The molecule has 2 aliphatic heterocycles. The van der Waals surface area contributed by atoms with Crippen LogP contribution in [0.25, 0.3) is 0 Å². The van der Waals surface area contributed by atoms with E-state index >= 15 is 0 Å².